The molecule has 1 aliphatic heterocycles. The Morgan fingerprint density at radius 2 is 1.80 bits per heavy atom. The van der Waals surface area contributed by atoms with Crippen molar-refractivity contribution < 1.29 is 26.4 Å². The maximum atomic E-state index is 13.0. The molecule has 2 aromatic rings. The van der Waals surface area contributed by atoms with Crippen LogP contribution >= 0.6 is 23.2 Å². The van der Waals surface area contributed by atoms with E-state index in [2.05, 4.69) is 10.3 Å². The Morgan fingerprint density at radius 1 is 1.13 bits per heavy atom. The van der Waals surface area contributed by atoms with Gasteiger partial charge in [0.1, 0.15) is 10.7 Å². The Bertz CT molecular complexity index is 1040. The summed E-state index contributed by atoms with van der Waals surface area (Å²) in [6.07, 6.45) is -2.91. The molecule has 2 heterocycles. The first-order valence-electron chi connectivity index (χ1n) is 8.78. The minimum atomic E-state index is -4.70. The highest BCUT2D eigenvalue weighted by atomic mass is 35.5. The average molecular weight is 482 g/mol. The van der Waals surface area contributed by atoms with Gasteiger partial charge in [-0.3, -0.25) is 4.79 Å². The van der Waals surface area contributed by atoms with Crippen LogP contribution in [-0.2, 0) is 21.0 Å². The van der Waals surface area contributed by atoms with E-state index in [1.165, 1.54) is 12.3 Å². The SMILES string of the molecule is O=C(Nc1ccc(Cl)cn1)C1CCN(S(=O)(=O)c2cc(C(F)(F)F)ccc2Cl)CC1. The van der Waals surface area contributed by atoms with E-state index in [1.807, 2.05) is 0 Å². The second-order valence-corrected chi connectivity index (χ2v) is 9.42. The molecule has 0 radical (unpaired) electrons. The Hall–Kier alpha value is -1.88. The van der Waals surface area contributed by atoms with Crippen LogP contribution in [0.3, 0.4) is 0 Å². The van der Waals surface area contributed by atoms with Crippen molar-refractivity contribution in [1.29, 1.82) is 0 Å². The largest absolute Gasteiger partial charge is 0.416 e. The van der Waals surface area contributed by atoms with Crippen molar-refractivity contribution in [2.24, 2.45) is 5.92 Å². The number of aromatic nitrogens is 1. The third-order valence-corrected chi connectivity index (χ3v) is 7.28. The molecular weight excluding hydrogens is 466 g/mol. The number of anilines is 1. The summed E-state index contributed by atoms with van der Waals surface area (Å²) in [6, 6.07) is 5.27. The zero-order chi connectivity index (χ0) is 22.1. The van der Waals surface area contributed by atoms with Crippen LogP contribution in [-0.4, -0.2) is 36.7 Å². The first kappa shape index (κ1) is 22.8. The number of piperidine rings is 1. The van der Waals surface area contributed by atoms with Crippen LogP contribution in [0, 0.1) is 5.92 Å². The minimum absolute atomic E-state index is 0.0267. The number of nitrogens with zero attached hydrogens (tertiary/aromatic N) is 2. The standard InChI is InChI=1S/C18H16Cl2F3N3O3S/c19-13-2-4-16(24-10-13)25-17(27)11-5-7-26(8-6-11)30(28,29)15-9-12(18(21,22)23)1-3-14(15)20/h1-4,9-11H,5-8H2,(H,24,25,27). The smallest absolute Gasteiger partial charge is 0.310 e. The van der Waals surface area contributed by atoms with Crippen molar-refractivity contribution in [3.63, 3.8) is 0 Å². The van der Waals surface area contributed by atoms with Gasteiger partial charge in [-0.05, 0) is 43.2 Å². The van der Waals surface area contributed by atoms with Gasteiger partial charge < -0.3 is 5.32 Å². The third kappa shape index (κ3) is 5.05. The number of hydrogen-bond donors (Lipinski definition) is 1. The molecule has 1 aliphatic rings. The fourth-order valence-corrected chi connectivity index (χ4v) is 5.13. The van der Waals surface area contributed by atoms with Gasteiger partial charge in [0.15, 0.2) is 0 Å². The summed E-state index contributed by atoms with van der Waals surface area (Å²) in [7, 11) is -4.25. The zero-order valence-corrected chi connectivity index (χ0v) is 17.6. The summed E-state index contributed by atoms with van der Waals surface area (Å²) in [5, 5.41) is 2.76. The highest BCUT2D eigenvalue weighted by molar-refractivity contribution is 7.89. The monoisotopic (exact) mass is 481 g/mol. The van der Waals surface area contributed by atoms with Gasteiger partial charge >= 0.3 is 6.18 Å². The maximum Gasteiger partial charge on any atom is 0.416 e. The van der Waals surface area contributed by atoms with Crippen molar-refractivity contribution in [3.8, 4) is 0 Å². The van der Waals surface area contributed by atoms with E-state index >= 15 is 0 Å². The van der Waals surface area contributed by atoms with Gasteiger partial charge in [-0.2, -0.15) is 17.5 Å². The van der Waals surface area contributed by atoms with Crippen LogP contribution in [0.5, 0.6) is 0 Å². The topological polar surface area (TPSA) is 79.4 Å². The van der Waals surface area contributed by atoms with Gasteiger partial charge in [0, 0.05) is 25.2 Å². The number of alkyl halides is 3. The molecular formula is C18H16Cl2F3N3O3S. The Labute approximate surface area is 181 Å². The van der Waals surface area contributed by atoms with E-state index < -0.39 is 32.6 Å². The lowest BCUT2D eigenvalue weighted by atomic mass is 9.97. The Balaban J connectivity index is 1.69. The zero-order valence-electron chi connectivity index (χ0n) is 15.3. The lowest BCUT2D eigenvalue weighted by Gasteiger charge is -2.30. The number of hydrogen-bond acceptors (Lipinski definition) is 4. The van der Waals surface area contributed by atoms with E-state index in [4.69, 9.17) is 23.2 Å². The number of sulfonamides is 1. The Kier molecular flexibility index (Phi) is 6.61. The molecule has 1 aromatic carbocycles. The summed E-state index contributed by atoms with van der Waals surface area (Å²) >= 11 is 11.6. The average Bonchev–Trinajstić information content (AvgIpc) is 2.69. The molecule has 0 saturated carbocycles. The van der Waals surface area contributed by atoms with Crippen molar-refractivity contribution in [2.45, 2.75) is 23.9 Å². The lowest BCUT2D eigenvalue weighted by Crippen LogP contribution is -2.41. The van der Waals surface area contributed by atoms with E-state index in [0.29, 0.717) is 16.9 Å². The number of carbonyl (C=O) groups excluding carboxylic acids is 1. The van der Waals surface area contributed by atoms with Gasteiger partial charge in [0.2, 0.25) is 15.9 Å². The first-order chi connectivity index (χ1) is 14.0. The molecule has 0 spiro atoms. The predicted octanol–water partition coefficient (Wildman–Crippen LogP) is 4.45. The number of halogens is 5. The molecule has 12 heteroatoms. The second-order valence-electron chi connectivity index (χ2n) is 6.67. The van der Waals surface area contributed by atoms with E-state index in [9.17, 15) is 26.4 Å². The fourth-order valence-electron chi connectivity index (χ4n) is 3.05. The summed E-state index contributed by atoms with van der Waals surface area (Å²) in [5.41, 5.74) is -1.10. The summed E-state index contributed by atoms with van der Waals surface area (Å²) in [4.78, 5) is 15.8. The van der Waals surface area contributed by atoms with Gasteiger partial charge in [-0.1, -0.05) is 23.2 Å². The molecule has 1 fully saturated rings. The number of nitrogens with one attached hydrogen (secondary N) is 1. The van der Waals surface area contributed by atoms with Crippen molar-refractivity contribution >= 4 is 45.0 Å². The molecule has 1 amide bonds. The van der Waals surface area contributed by atoms with Crippen LogP contribution in [0.15, 0.2) is 41.4 Å². The van der Waals surface area contributed by atoms with E-state index in [0.717, 1.165) is 16.4 Å². The van der Waals surface area contributed by atoms with Crippen LogP contribution in [0.25, 0.3) is 0 Å². The van der Waals surface area contributed by atoms with Gasteiger partial charge in [0.25, 0.3) is 0 Å². The maximum absolute atomic E-state index is 13.0. The van der Waals surface area contributed by atoms with Crippen LogP contribution in [0.4, 0.5) is 19.0 Å². The lowest BCUT2D eigenvalue weighted by molar-refractivity contribution is -0.137. The third-order valence-electron chi connectivity index (χ3n) is 4.68. The number of rotatable bonds is 4. The second kappa shape index (κ2) is 8.70. The Morgan fingerprint density at radius 3 is 2.37 bits per heavy atom. The van der Waals surface area contributed by atoms with Crippen molar-refractivity contribution in [3.05, 3.63) is 52.1 Å². The van der Waals surface area contributed by atoms with Gasteiger partial charge in [0.05, 0.1) is 15.6 Å². The number of benzene rings is 1. The molecule has 3 rings (SSSR count). The van der Waals surface area contributed by atoms with Crippen LogP contribution in [0.2, 0.25) is 10.0 Å². The number of pyridine rings is 1. The predicted molar refractivity (Wildman–Crippen MR) is 106 cm³/mol. The van der Waals surface area contributed by atoms with Crippen LogP contribution < -0.4 is 5.32 Å². The highest BCUT2D eigenvalue weighted by Crippen LogP contribution is 2.35. The summed E-state index contributed by atoms with van der Waals surface area (Å²) < 4.78 is 65.6. The molecule has 1 aromatic heterocycles. The van der Waals surface area contributed by atoms with Crippen molar-refractivity contribution in [1.82, 2.24) is 9.29 Å². The first-order valence-corrected chi connectivity index (χ1v) is 11.0. The number of amides is 1. The fraction of sp³-hybridized carbons (Fsp3) is 0.333. The minimum Gasteiger partial charge on any atom is -0.310 e. The molecule has 0 bridgehead atoms. The highest BCUT2D eigenvalue weighted by Gasteiger charge is 2.36. The van der Waals surface area contributed by atoms with E-state index in [1.54, 1.807) is 6.07 Å². The molecule has 30 heavy (non-hydrogen) atoms. The molecule has 0 aliphatic carbocycles. The summed E-state index contributed by atoms with van der Waals surface area (Å²) in [5.74, 6) is -0.472. The van der Waals surface area contributed by atoms with Crippen molar-refractivity contribution in [2.75, 3.05) is 18.4 Å². The van der Waals surface area contributed by atoms with Gasteiger partial charge in [-0.25, -0.2) is 13.4 Å². The molecule has 0 unspecified atom stereocenters. The van der Waals surface area contributed by atoms with Crippen LogP contribution in [0.1, 0.15) is 18.4 Å². The molecule has 1 N–H and O–H groups in total. The molecule has 0 atom stereocenters. The molecule has 162 valence electrons. The van der Waals surface area contributed by atoms with E-state index in [-0.39, 0.29) is 36.9 Å². The number of carbonyl (C=O) groups is 1. The van der Waals surface area contributed by atoms with Gasteiger partial charge in [-0.15, -0.1) is 0 Å². The normalized spacial score (nSPS) is 16.4. The summed E-state index contributed by atoms with van der Waals surface area (Å²) in [6.45, 7) is -0.0535. The molecule has 6 nitrogen and oxygen atoms in total. The molecule has 1 saturated heterocycles. The quantitative estimate of drug-likeness (QED) is 0.699.